The molecule has 0 amide bonds. The van der Waals surface area contributed by atoms with Gasteiger partial charge >= 0.3 is 0 Å². The molecule has 3 heteroatoms. The first-order valence-corrected chi connectivity index (χ1v) is 6.19. The Hall–Kier alpha value is -0.120. The number of hydrogen-bond acceptors (Lipinski definition) is 3. The maximum atomic E-state index is 5.66. The molecule has 2 atom stereocenters. The van der Waals surface area contributed by atoms with Crippen molar-refractivity contribution in [2.45, 2.75) is 32.3 Å². The van der Waals surface area contributed by atoms with Crippen molar-refractivity contribution in [1.29, 1.82) is 0 Å². The van der Waals surface area contributed by atoms with Crippen LogP contribution in [0.5, 0.6) is 0 Å². The Bertz CT molecular complexity index is 196. The van der Waals surface area contributed by atoms with E-state index in [2.05, 4.69) is 24.2 Å². The van der Waals surface area contributed by atoms with E-state index in [-0.39, 0.29) is 0 Å². The molecule has 2 fully saturated rings. The zero-order valence-electron chi connectivity index (χ0n) is 10.1. The minimum atomic E-state index is 0.480. The van der Waals surface area contributed by atoms with E-state index in [0.717, 1.165) is 13.2 Å². The van der Waals surface area contributed by atoms with Gasteiger partial charge in [0.25, 0.3) is 0 Å². The van der Waals surface area contributed by atoms with Gasteiger partial charge < -0.3 is 15.0 Å². The highest BCUT2D eigenvalue weighted by Gasteiger charge is 2.30. The van der Waals surface area contributed by atoms with E-state index in [1.165, 1.54) is 38.9 Å². The highest BCUT2D eigenvalue weighted by Crippen LogP contribution is 2.25. The highest BCUT2D eigenvalue weighted by atomic mass is 16.5. The van der Waals surface area contributed by atoms with Crippen LogP contribution in [0, 0.1) is 5.41 Å². The largest absolute Gasteiger partial charge is 0.377 e. The van der Waals surface area contributed by atoms with Crippen LogP contribution in [0.4, 0.5) is 0 Å². The predicted molar refractivity (Wildman–Crippen MR) is 62.1 cm³/mol. The van der Waals surface area contributed by atoms with Gasteiger partial charge in [-0.2, -0.15) is 0 Å². The Morgan fingerprint density at radius 2 is 2.40 bits per heavy atom. The lowest BCUT2D eigenvalue weighted by atomic mass is 9.89. The molecule has 0 bridgehead atoms. The van der Waals surface area contributed by atoms with Gasteiger partial charge in [0.1, 0.15) is 0 Å². The first kappa shape index (κ1) is 11.4. The molecule has 0 aliphatic carbocycles. The van der Waals surface area contributed by atoms with Gasteiger partial charge in [-0.1, -0.05) is 6.92 Å². The maximum Gasteiger partial charge on any atom is 0.0702 e. The smallest absolute Gasteiger partial charge is 0.0702 e. The van der Waals surface area contributed by atoms with E-state index in [1.54, 1.807) is 0 Å². The number of likely N-dealkylation sites (N-methyl/N-ethyl adjacent to an activating group) is 1. The summed E-state index contributed by atoms with van der Waals surface area (Å²) in [6.45, 7) is 8.01. The lowest BCUT2D eigenvalue weighted by Crippen LogP contribution is -2.38. The molecule has 15 heavy (non-hydrogen) atoms. The Morgan fingerprint density at radius 3 is 3.00 bits per heavy atom. The second kappa shape index (κ2) is 4.81. The zero-order chi connectivity index (χ0) is 10.7. The van der Waals surface area contributed by atoms with E-state index in [1.807, 2.05) is 0 Å². The monoisotopic (exact) mass is 212 g/mol. The van der Waals surface area contributed by atoms with Gasteiger partial charge in [-0.3, -0.25) is 0 Å². The van der Waals surface area contributed by atoms with Crippen LogP contribution in [0.1, 0.15) is 26.2 Å². The third-order valence-electron chi connectivity index (χ3n) is 3.65. The van der Waals surface area contributed by atoms with Crippen molar-refractivity contribution < 1.29 is 4.74 Å². The van der Waals surface area contributed by atoms with Crippen LogP contribution in [0.25, 0.3) is 0 Å². The second-order valence-corrected chi connectivity index (χ2v) is 5.57. The van der Waals surface area contributed by atoms with E-state index in [0.29, 0.717) is 11.5 Å². The Labute approximate surface area is 93.2 Å². The van der Waals surface area contributed by atoms with Crippen molar-refractivity contribution in [3.8, 4) is 0 Å². The van der Waals surface area contributed by atoms with Crippen molar-refractivity contribution in [3.63, 3.8) is 0 Å². The molecule has 0 saturated carbocycles. The van der Waals surface area contributed by atoms with Crippen LogP contribution in [0.3, 0.4) is 0 Å². The second-order valence-electron chi connectivity index (χ2n) is 5.57. The zero-order valence-corrected chi connectivity index (χ0v) is 10.1. The van der Waals surface area contributed by atoms with E-state index in [4.69, 9.17) is 4.74 Å². The quantitative estimate of drug-likeness (QED) is 0.755. The molecule has 0 radical (unpaired) electrons. The average Bonchev–Trinajstić information content (AvgIpc) is 2.76. The number of nitrogens with zero attached hydrogens (tertiary/aromatic N) is 1. The lowest BCUT2D eigenvalue weighted by Gasteiger charge is -2.30. The molecule has 2 rings (SSSR count). The lowest BCUT2D eigenvalue weighted by molar-refractivity contribution is 0.0697. The van der Waals surface area contributed by atoms with Crippen LogP contribution in [-0.2, 0) is 4.74 Å². The molecule has 0 aromatic carbocycles. The van der Waals surface area contributed by atoms with Crippen LogP contribution < -0.4 is 5.32 Å². The fourth-order valence-electron chi connectivity index (χ4n) is 2.86. The number of ether oxygens (including phenoxy) is 1. The Kier molecular flexibility index (Phi) is 3.65. The molecule has 2 heterocycles. The van der Waals surface area contributed by atoms with Crippen molar-refractivity contribution in [1.82, 2.24) is 10.2 Å². The summed E-state index contributed by atoms with van der Waals surface area (Å²) in [4.78, 5) is 2.45. The van der Waals surface area contributed by atoms with Gasteiger partial charge in [0.2, 0.25) is 0 Å². The molecule has 1 N–H and O–H groups in total. The first-order valence-electron chi connectivity index (χ1n) is 6.19. The Balaban J connectivity index is 1.73. The third kappa shape index (κ3) is 3.16. The van der Waals surface area contributed by atoms with Gasteiger partial charge in [-0.15, -0.1) is 0 Å². The molecule has 0 aromatic heterocycles. The summed E-state index contributed by atoms with van der Waals surface area (Å²) in [5, 5.41) is 3.45. The van der Waals surface area contributed by atoms with Gasteiger partial charge in [0, 0.05) is 26.2 Å². The molecule has 0 aromatic rings. The SMILES string of the molecule is CN(C[C@H]1CCCO1)CC1(C)CCNC1. The average molecular weight is 212 g/mol. The molecule has 2 aliphatic rings. The number of rotatable bonds is 4. The molecule has 88 valence electrons. The first-order chi connectivity index (χ1) is 7.18. The summed E-state index contributed by atoms with van der Waals surface area (Å²) >= 11 is 0. The van der Waals surface area contributed by atoms with Crippen LogP contribution >= 0.6 is 0 Å². The molecular formula is C12H24N2O. The summed E-state index contributed by atoms with van der Waals surface area (Å²) < 4.78 is 5.66. The van der Waals surface area contributed by atoms with Crippen molar-refractivity contribution in [2.24, 2.45) is 5.41 Å². The summed E-state index contributed by atoms with van der Waals surface area (Å²) in [5.74, 6) is 0. The van der Waals surface area contributed by atoms with Crippen molar-refractivity contribution >= 4 is 0 Å². The fourth-order valence-corrected chi connectivity index (χ4v) is 2.86. The summed E-state index contributed by atoms with van der Waals surface area (Å²) in [6, 6.07) is 0. The minimum Gasteiger partial charge on any atom is -0.377 e. The fraction of sp³-hybridized carbons (Fsp3) is 1.00. The molecular weight excluding hydrogens is 188 g/mol. The third-order valence-corrected chi connectivity index (χ3v) is 3.65. The molecule has 0 spiro atoms. The number of hydrogen-bond donors (Lipinski definition) is 1. The minimum absolute atomic E-state index is 0.480. The van der Waals surface area contributed by atoms with E-state index < -0.39 is 0 Å². The predicted octanol–water partition coefficient (Wildman–Crippen LogP) is 1.10. The van der Waals surface area contributed by atoms with Crippen LogP contribution in [0.2, 0.25) is 0 Å². The Morgan fingerprint density at radius 1 is 1.53 bits per heavy atom. The standard InChI is InChI=1S/C12H24N2O/c1-12(5-6-13-9-12)10-14(2)8-11-4-3-7-15-11/h11,13H,3-10H2,1-2H3/t11-,12?/m1/s1. The topological polar surface area (TPSA) is 24.5 Å². The summed E-state index contributed by atoms with van der Waals surface area (Å²) in [6.07, 6.45) is 4.30. The van der Waals surface area contributed by atoms with E-state index in [9.17, 15) is 0 Å². The van der Waals surface area contributed by atoms with Crippen molar-refractivity contribution in [2.75, 3.05) is 39.8 Å². The molecule has 1 unspecified atom stereocenters. The molecule has 3 nitrogen and oxygen atoms in total. The van der Waals surface area contributed by atoms with Crippen LogP contribution in [0.15, 0.2) is 0 Å². The summed E-state index contributed by atoms with van der Waals surface area (Å²) in [5.41, 5.74) is 0.480. The maximum absolute atomic E-state index is 5.66. The van der Waals surface area contributed by atoms with Gasteiger partial charge in [0.15, 0.2) is 0 Å². The van der Waals surface area contributed by atoms with Crippen LogP contribution in [-0.4, -0.2) is 50.8 Å². The molecule has 2 saturated heterocycles. The normalized spacial score (nSPS) is 36.6. The number of nitrogens with one attached hydrogen (secondary N) is 1. The van der Waals surface area contributed by atoms with E-state index >= 15 is 0 Å². The summed E-state index contributed by atoms with van der Waals surface area (Å²) in [7, 11) is 2.23. The molecule has 2 aliphatic heterocycles. The van der Waals surface area contributed by atoms with Crippen molar-refractivity contribution in [3.05, 3.63) is 0 Å². The highest BCUT2D eigenvalue weighted by molar-refractivity contribution is 4.86. The van der Waals surface area contributed by atoms with Gasteiger partial charge in [0.05, 0.1) is 6.10 Å². The van der Waals surface area contributed by atoms with Gasteiger partial charge in [-0.05, 0) is 38.3 Å². The van der Waals surface area contributed by atoms with Gasteiger partial charge in [-0.25, -0.2) is 0 Å².